The monoisotopic (exact) mass is 388 g/mol. The van der Waals surface area contributed by atoms with Crippen molar-refractivity contribution in [1.82, 2.24) is 4.72 Å². The highest BCUT2D eigenvalue weighted by molar-refractivity contribution is 7.89. The molecule has 3 rings (SSSR count). The SMILES string of the molecule is C=CCNS(=O)(=O)c1cc(C(=O)N2CCC(C)c3ccccc32)ccc1F. The third-order valence-electron chi connectivity index (χ3n) is 4.67. The smallest absolute Gasteiger partial charge is 0.258 e. The molecule has 1 aliphatic rings. The molecule has 0 aliphatic carbocycles. The van der Waals surface area contributed by atoms with Gasteiger partial charge in [-0.05, 0) is 42.2 Å². The van der Waals surface area contributed by atoms with Gasteiger partial charge in [0, 0.05) is 24.3 Å². The van der Waals surface area contributed by atoms with Gasteiger partial charge in [-0.25, -0.2) is 17.5 Å². The van der Waals surface area contributed by atoms with E-state index >= 15 is 0 Å². The van der Waals surface area contributed by atoms with Crippen molar-refractivity contribution in [3.63, 3.8) is 0 Å². The van der Waals surface area contributed by atoms with E-state index in [2.05, 4.69) is 18.2 Å². The van der Waals surface area contributed by atoms with Crippen molar-refractivity contribution in [3.05, 3.63) is 72.1 Å². The number of para-hydroxylation sites is 1. The Morgan fingerprint density at radius 1 is 1.33 bits per heavy atom. The third-order valence-corrected chi connectivity index (χ3v) is 6.11. The molecule has 0 spiro atoms. The Balaban J connectivity index is 1.98. The molecule has 2 aromatic carbocycles. The van der Waals surface area contributed by atoms with Gasteiger partial charge < -0.3 is 4.90 Å². The molecule has 0 aromatic heterocycles. The van der Waals surface area contributed by atoms with Gasteiger partial charge >= 0.3 is 0 Å². The van der Waals surface area contributed by atoms with E-state index in [-0.39, 0.29) is 18.0 Å². The number of sulfonamides is 1. The maximum Gasteiger partial charge on any atom is 0.258 e. The van der Waals surface area contributed by atoms with Crippen LogP contribution in [-0.2, 0) is 10.0 Å². The summed E-state index contributed by atoms with van der Waals surface area (Å²) in [7, 11) is -4.08. The number of rotatable bonds is 5. The van der Waals surface area contributed by atoms with Gasteiger partial charge in [-0.3, -0.25) is 4.79 Å². The van der Waals surface area contributed by atoms with E-state index in [4.69, 9.17) is 0 Å². The molecule has 1 amide bonds. The number of carbonyl (C=O) groups is 1. The summed E-state index contributed by atoms with van der Waals surface area (Å²) in [6, 6.07) is 11.0. The Hall–Kier alpha value is -2.51. The second-order valence-corrected chi connectivity index (χ2v) is 8.23. The van der Waals surface area contributed by atoms with Crippen LogP contribution in [0.1, 0.15) is 35.2 Å². The number of nitrogens with zero attached hydrogens (tertiary/aromatic N) is 1. The topological polar surface area (TPSA) is 66.5 Å². The molecule has 5 nitrogen and oxygen atoms in total. The minimum atomic E-state index is -4.08. The standard InChI is InChI=1S/C20H21FN2O3S/c1-3-11-22-27(25,26)19-13-15(8-9-17(19)21)20(24)23-12-10-14(2)16-6-4-5-7-18(16)23/h3-9,13-14,22H,1,10-12H2,2H3. The summed E-state index contributed by atoms with van der Waals surface area (Å²) in [5, 5.41) is 0. The predicted molar refractivity (Wildman–Crippen MR) is 103 cm³/mol. The molecule has 1 unspecified atom stereocenters. The number of carbonyl (C=O) groups excluding carboxylic acids is 1. The Morgan fingerprint density at radius 2 is 2.07 bits per heavy atom. The largest absolute Gasteiger partial charge is 0.308 e. The summed E-state index contributed by atoms with van der Waals surface area (Å²) in [4.78, 5) is 14.1. The van der Waals surface area contributed by atoms with Crippen LogP contribution < -0.4 is 9.62 Å². The van der Waals surface area contributed by atoms with Crippen LogP contribution in [0.5, 0.6) is 0 Å². The summed E-state index contributed by atoms with van der Waals surface area (Å²) in [5.41, 5.74) is 2.00. The van der Waals surface area contributed by atoms with E-state index in [1.54, 1.807) is 4.90 Å². The van der Waals surface area contributed by atoms with Crippen LogP contribution >= 0.6 is 0 Å². The van der Waals surface area contributed by atoms with Crippen molar-refractivity contribution in [3.8, 4) is 0 Å². The number of nitrogens with one attached hydrogen (secondary N) is 1. The van der Waals surface area contributed by atoms with Crippen LogP contribution in [0.4, 0.5) is 10.1 Å². The quantitative estimate of drug-likeness (QED) is 0.798. The normalized spacial score (nSPS) is 16.7. The van der Waals surface area contributed by atoms with Crippen LogP contribution in [0.3, 0.4) is 0 Å². The fourth-order valence-corrected chi connectivity index (χ4v) is 4.30. The molecule has 0 fully saturated rings. The first-order valence-electron chi connectivity index (χ1n) is 8.66. The fourth-order valence-electron chi connectivity index (χ4n) is 3.20. The van der Waals surface area contributed by atoms with Crippen LogP contribution in [0, 0.1) is 5.82 Å². The Kier molecular flexibility index (Phi) is 5.43. The van der Waals surface area contributed by atoms with Gasteiger partial charge in [-0.15, -0.1) is 6.58 Å². The molecule has 1 aliphatic heterocycles. The summed E-state index contributed by atoms with van der Waals surface area (Å²) < 4.78 is 40.9. The van der Waals surface area contributed by atoms with E-state index in [0.29, 0.717) is 12.5 Å². The Labute approximate surface area is 158 Å². The van der Waals surface area contributed by atoms with Crippen LogP contribution in [0.2, 0.25) is 0 Å². The number of hydrogen-bond donors (Lipinski definition) is 1. The Bertz CT molecular complexity index is 988. The van der Waals surface area contributed by atoms with E-state index in [1.807, 2.05) is 24.3 Å². The second-order valence-electron chi connectivity index (χ2n) is 6.49. The molecule has 0 saturated heterocycles. The maximum absolute atomic E-state index is 14.1. The number of anilines is 1. The molecule has 2 aromatic rings. The van der Waals surface area contributed by atoms with Gasteiger partial charge in [0.2, 0.25) is 10.0 Å². The third kappa shape index (κ3) is 3.79. The molecule has 27 heavy (non-hydrogen) atoms. The van der Waals surface area contributed by atoms with Crippen molar-refractivity contribution in [1.29, 1.82) is 0 Å². The number of amides is 1. The highest BCUT2D eigenvalue weighted by atomic mass is 32.2. The minimum absolute atomic E-state index is 0.0304. The Morgan fingerprint density at radius 3 is 2.81 bits per heavy atom. The van der Waals surface area contributed by atoms with E-state index in [1.165, 1.54) is 12.1 Å². The highest BCUT2D eigenvalue weighted by Gasteiger charge is 2.28. The fraction of sp³-hybridized carbons (Fsp3) is 0.250. The molecule has 1 atom stereocenters. The first-order valence-corrected chi connectivity index (χ1v) is 10.1. The van der Waals surface area contributed by atoms with E-state index in [9.17, 15) is 17.6 Å². The summed E-state index contributed by atoms with van der Waals surface area (Å²) in [6.45, 7) is 6.03. The van der Waals surface area contributed by atoms with Gasteiger partial charge in [-0.1, -0.05) is 31.2 Å². The van der Waals surface area contributed by atoms with Gasteiger partial charge in [-0.2, -0.15) is 0 Å². The zero-order chi connectivity index (χ0) is 19.6. The summed E-state index contributed by atoms with van der Waals surface area (Å²) in [6.07, 6.45) is 2.16. The van der Waals surface area contributed by atoms with Crippen LogP contribution in [0.25, 0.3) is 0 Å². The van der Waals surface area contributed by atoms with E-state index in [0.717, 1.165) is 29.8 Å². The average Bonchev–Trinajstić information content (AvgIpc) is 2.67. The lowest BCUT2D eigenvalue weighted by atomic mass is 9.91. The molecule has 1 heterocycles. The summed E-state index contributed by atoms with van der Waals surface area (Å²) >= 11 is 0. The highest BCUT2D eigenvalue weighted by Crippen LogP contribution is 2.35. The maximum atomic E-state index is 14.1. The van der Waals surface area contributed by atoms with E-state index < -0.39 is 20.7 Å². The van der Waals surface area contributed by atoms with Crippen molar-refractivity contribution in [2.45, 2.75) is 24.2 Å². The van der Waals surface area contributed by atoms with Gasteiger partial charge in [0.05, 0.1) is 0 Å². The lowest BCUT2D eigenvalue weighted by molar-refractivity contribution is 0.0984. The average molecular weight is 388 g/mol. The number of hydrogen-bond acceptors (Lipinski definition) is 3. The number of fused-ring (bicyclic) bond motifs is 1. The lowest BCUT2D eigenvalue weighted by Gasteiger charge is -2.33. The second kappa shape index (κ2) is 7.62. The first-order chi connectivity index (χ1) is 12.8. The predicted octanol–water partition coefficient (Wildman–Crippen LogP) is 3.44. The van der Waals surface area contributed by atoms with Gasteiger partial charge in [0.25, 0.3) is 5.91 Å². The molecular formula is C20H21FN2O3S. The number of benzene rings is 2. The summed E-state index contributed by atoms with van der Waals surface area (Å²) in [5.74, 6) is -0.928. The zero-order valence-corrected chi connectivity index (χ0v) is 15.8. The van der Waals surface area contributed by atoms with Gasteiger partial charge in [0.15, 0.2) is 0 Å². The lowest BCUT2D eigenvalue weighted by Crippen LogP contribution is -2.36. The minimum Gasteiger partial charge on any atom is -0.308 e. The first kappa shape index (κ1) is 19.3. The molecular weight excluding hydrogens is 367 g/mol. The molecule has 7 heteroatoms. The van der Waals surface area contributed by atoms with Crippen LogP contribution in [-0.4, -0.2) is 27.4 Å². The van der Waals surface area contributed by atoms with Crippen molar-refractivity contribution >= 4 is 21.6 Å². The molecule has 0 bridgehead atoms. The number of halogens is 1. The van der Waals surface area contributed by atoms with Crippen molar-refractivity contribution in [2.24, 2.45) is 0 Å². The van der Waals surface area contributed by atoms with Crippen molar-refractivity contribution in [2.75, 3.05) is 18.0 Å². The molecule has 142 valence electrons. The van der Waals surface area contributed by atoms with Gasteiger partial charge in [0.1, 0.15) is 10.7 Å². The molecule has 0 radical (unpaired) electrons. The van der Waals surface area contributed by atoms with Crippen LogP contribution in [0.15, 0.2) is 60.0 Å². The molecule has 1 N–H and O–H groups in total. The molecule has 0 saturated carbocycles. The zero-order valence-electron chi connectivity index (χ0n) is 15.0. The van der Waals surface area contributed by atoms with Crippen molar-refractivity contribution < 1.29 is 17.6 Å².